The molecule has 78 valence electrons. The summed E-state index contributed by atoms with van der Waals surface area (Å²) >= 11 is 0. The third kappa shape index (κ3) is 1.90. The fourth-order valence-corrected chi connectivity index (χ4v) is 2.47. The van der Waals surface area contributed by atoms with E-state index in [9.17, 15) is 0 Å². The maximum atomic E-state index is 7.46. The quantitative estimate of drug-likeness (QED) is 0.600. The third-order valence-electron chi connectivity index (χ3n) is 3.48. The first kappa shape index (κ1) is 10.2. The van der Waals surface area contributed by atoms with E-state index in [1.54, 1.807) is 0 Å². The molecular formula is C14H17N. The van der Waals surface area contributed by atoms with E-state index in [1.807, 2.05) is 0 Å². The molecule has 0 saturated heterocycles. The Labute approximate surface area is 91.9 Å². The van der Waals surface area contributed by atoms with Gasteiger partial charge in [0.25, 0.3) is 5.54 Å². The van der Waals surface area contributed by atoms with Gasteiger partial charge in [0.15, 0.2) is 0 Å². The van der Waals surface area contributed by atoms with Crippen molar-refractivity contribution in [3.63, 3.8) is 0 Å². The van der Waals surface area contributed by atoms with E-state index < -0.39 is 0 Å². The molecule has 1 fully saturated rings. The van der Waals surface area contributed by atoms with Crippen molar-refractivity contribution in [2.24, 2.45) is 0 Å². The van der Waals surface area contributed by atoms with Crippen LogP contribution in [0.15, 0.2) is 24.3 Å². The number of benzene rings is 1. The van der Waals surface area contributed by atoms with Crippen molar-refractivity contribution in [2.75, 3.05) is 0 Å². The van der Waals surface area contributed by atoms with Crippen molar-refractivity contribution in [3.05, 3.63) is 46.8 Å². The van der Waals surface area contributed by atoms with E-state index in [0.717, 1.165) is 12.8 Å². The molecule has 1 aliphatic rings. The van der Waals surface area contributed by atoms with Crippen LogP contribution in [0.5, 0.6) is 0 Å². The van der Waals surface area contributed by atoms with Crippen molar-refractivity contribution in [3.8, 4) is 0 Å². The average Bonchev–Trinajstić information content (AvgIpc) is 2.31. The molecule has 1 aliphatic carbocycles. The van der Waals surface area contributed by atoms with Gasteiger partial charge in [-0.15, -0.1) is 0 Å². The van der Waals surface area contributed by atoms with Crippen molar-refractivity contribution in [2.45, 2.75) is 44.6 Å². The Bertz CT molecular complexity index is 363. The second-order valence-corrected chi connectivity index (χ2v) is 4.57. The van der Waals surface area contributed by atoms with Gasteiger partial charge < -0.3 is 4.85 Å². The maximum absolute atomic E-state index is 7.46. The zero-order valence-corrected chi connectivity index (χ0v) is 9.29. The molecular weight excluding hydrogens is 182 g/mol. The van der Waals surface area contributed by atoms with Gasteiger partial charge in [-0.05, 0) is 19.8 Å². The number of aryl methyl sites for hydroxylation is 1. The minimum Gasteiger partial charge on any atom is -0.305 e. The van der Waals surface area contributed by atoms with Gasteiger partial charge in [0, 0.05) is 18.4 Å². The highest BCUT2D eigenvalue weighted by molar-refractivity contribution is 5.31. The van der Waals surface area contributed by atoms with Crippen LogP contribution in [0, 0.1) is 13.5 Å². The van der Waals surface area contributed by atoms with Crippen LogP contribution >= 0.6 is 0 Å². The Balaban J connectivity index is 2.33. The van der Waals surface area contributed by atoms with Gasteiger partial charge in [-0.3, -0.25) is 0 Å². The fraction of sp³-hybridized carbons (Fsp3) is 0.500. The third-order valence-corrected chi connectivity index (χ3v) is 3.48. The summed E-state index contributed by atoms with van der Waals surface area (Å²) in [6, 6.07) is 8.52. The Kier molecular flexibility index (Phi) is 2.77. The second kappa shape index (κ2) is 4.06. The van der Waals surface area contributed by atoms with Crippen LogP contribution in [-0.4, -0.2) is 0 Å². The van der Waals surface area contributed by atoms with Crippen LogP contribution < -0.4 is 0 Å². The van der Waals surface area contributed by atoms with Crippen LogP contribution in [0.3, 0.4) is 0 Å². The molecule has 0 spiro atoms. The Morgan fingerprint density at radius 2 is 1.67 bits per heavy atom. The lowest BCUT2D eigenvalue weighted by Gasteiger charge is -2.26. The standard InChI is InChI=1S/C14H17N/c1-12-6-8-13(9-7-12)14(15-2)10-4-3-5-11-14/h6-9H,3-5,10-11H2,1H3. The highest BCUT2D eigenvalue weighted by Gasteiger charge is 2.39. The van der Waals surface area contributed by atoms with Gasteiger partial charge >= 0.3 is 0 Å². The van der Waals surface area contributed by atoms with Gasteiger partial charge in [-0.2, -0.15) is 0 Å². The monoisotopic (exact) mass is 199 g/mol. The second-order valence-electron chi connectivity index (χ2n) is 4.57. The Morgan fingerprint density at radius 1 is 1.07 bits per heavy atom. The topological polar surface area (TPSA) is 4.36 Å². The molecule has 2 rings (SSSR count). The van der Waals surface area contributed by atoms with Gasteiger partial charge in [0.05, 0.1) is 0 Å². The summed E-state index contributed by atoms with van der Waals surface area (Å²) in [5.41, 5.74) is 2.30. The van der Waals surface area contributed by atoms with E-state index >= 15 is 0 Å². The summed E-state index contributed by atoms with van der Waals surface area (Å²) in [7, 11) is 0. The summed E-state index contributed by atoms with van der Waals surface area (Å²) in [4.78, 5) is 3.93. The van der Waals surface area contributed by atoms with E-state index in [0.29, 0.717) is 0 Å². The first-order valence-corrected chi connectivity index (χ1v) is 5.73. The minimum absolute atomic E-state index is 0.202. The van der Waals surface area contributed by atoms with Gasteiger partial charge in [0.2, 0.25) is 0 Å². The predicted molar refractivity (Wildman–Crippen MR) is 62.5 cm³/mol. The van der Waals surface area contributed by atoms with E-state index in [4.69, 9.17) is 6.57 Å². The first-order valence-electron chi connectivity index (χ1n) is 5.73. The number of hydrogen-bond donors (Lipinski definition) is 0. The van der Waals surface area contributed by atoms with Crippen molar-refractivity contribution >= 4 is 0 Å². The minimum atomic E-state index is -0.202. The first-order chi connectivity index (χ1) is 7.27. The highest BCUT2D eigenvalue weighted by atomic mass is 14.8. The maximum Gasteiger partial charge on any atom is 0.257 e. The Morgan fingerprint density at radius 3 is 2.20 bits per heavy atom. The molecule has 1 aromatic rings. The largest absolute Gasteiger partial charge is 0.305 e. The smallest absolute Gasteiger partial charge is 0.257 e. The zero-order valence-electron chi connectivity index (χ0n) is 9.29. The molecule has 0 heterocycles. The number of rotatable bonds is 1. The van der Waals surface area contributed by atoms with Gasteiger partial charge in [0.1, 0.15) is 0 Å². The van der Waals surface area contributed by atoms with Crippen molar-refractivity contribution in [1.82, 2.24) is 0 Å². The molecule has 1 heteroatoms. The molecule has 0 unspecified atom stereocenters. The van der Waals surface area contributed by atoms with Gasteiger partial charge in [-0.1, -0.05) is 36.2 Å². The lowest BCUT2D eigenvalue weighted by atomic mass is 9.77. The van der Waals surface area contributed by atoms with E-state index in [1.165, 1.54) is 30.4 Å². The molecule has 0 amide bonds. The Hall–Kier alpha value is -1.29. The van der Waals surface area contributed by atoms with Crippen LogP contribution in [0.1, 0.15) is 43.2 Å². The lowest BCUT2D eigenvalue weighted by molar-refractivity contribution is 0.354. The van der Waals surface area contributed by atoms with Crippen LogP contribution in [0.4, 0.5) is 0 Å². The van der Waals surface area contributed by atoms with Crippen LogP contribution in [0.2, 0.25) is 0 Å². The number of hydrogen-bond acceptors (Lipinski definition) is 0. The normalized spacial score (nSPS) is 19.5. The summed E-state index contributed by atoms with van der Waals surface area (Å²) in [5.74, 6) is 0. The molecule has 1 aromatic carbocycles. The van der Waals surface area contributed by atoms with Crippen LogP contribution in [-0.2, 0) is 5.54 Å². The van der Waals surface area contributed by atoms with Crippen molar-refractivity contribution < 1.29 is 0 Å². The summed E-state index contributed by atoms with van der Waals surface area (Å²) in [5, 5.41) is 0. The molecule has 0 aliphatic heterocycles. The van der Waals surface area contributed by atoms with Crippen molar-refractivity contribution in [1.29, 1.82) is 0 Å². The highest BCUT2D eigenvalue weighted by Crippen LogP contribution is 2.40. The number of nitrogens with zero attached hydrogens (tertiary/aromatic N) is 1. The van der Waals surface area contributed by atoms with Gasteiger partial charge in [-0.25, -0.2) is 6.57 Å². The fourth-order valence-electron chi connectivity index (χ4n) is 2.47. The molecule has 0 atom stereocenters. The van der Waals surface area contributed by atoms with E-state index in [-0.39, 0.29) is 5.54 Å². The van der Waals surface area contributed by atoms with Crippen LogP contribution in [0.25, 0.3) is 4.85 Å². The SMILES string of the molecule is [C-]#[N+]C1(c2ccc(C)cc2)CCCCC1. The molecule has 0 N–H and O–H groups in total. The molecule has 0 bridgehead atoms. The zero-order chi connectivity index (χ0) is 10.7. The molecule has 1 nitrogen and oxygen atoms in total. The predicted octanol–water partition coefficient (Wildman–Crippen LogP) is 4.07. The summed E-state index contributed by atoms with van der Waals surface area (Å²) in [6.45, 7) is 9.55. The van der Waals surface area contributed by atoms with E-state index in [2.05, 4.69) is 36.0 Å². The average molecular weight is 199 g/mol. The molecule has 15 heavy (non-hydrogen) atoms. The molecule has 0 radical (unpaired) electrons. The lowest BCUT2D eigenvalue weighted by Crippen LogP contribution is -2.24. The summed E-state index contributed by atoms with van der Waals surface area (Å²) in [6.07, 6.45) is 5.79. The molecule has 1 saturated carbocycles. The molecule has 0 aromatic heterocycles. The summed E-state index contributed by atoms with van der Waals surface area (Å²) < 4.78 is 0.